The molecular weight excluding hydrogens is 411 g/mol. The summed E-state index contributed by atoms with van der Waals surface area (Å²) in [5.74, 6) is 0.285. The average molecular weight is 433 g/mol. The first kappa shape index (κ1) is 21.4. The lowest BCUT2D eigenvalue weighted by Gasteiger charge is -2.18. The Bertz CT molecular complexity index is 920. The Hall–Kier alpha value is -2.32. The molecule has 0 fully saturated rings. The number of likely N-dealkylation sites (N-methyl/N-ethyl adjacent to an activating group) is 1. The van der Waals surface area contributed by atoms with Crippen LogP contribution in [0.5, 0.6) is 0 Å². The fourth-order valence-corrected chi connectivity index (χ4v) is 4.69. The summed E-state index contributed by atoms with van der Waals surface area (Å²) >= 11 is 3.31. The number of halogens is 1. The molecule has 1 aliphatic rings. The highest BCUT2D eigenvalue weighted by atomic mass is 32.2. The Labute approximate surface area is 177 Å². The lowest BCUT2D eigenvalue weighted by molar-refractivity contribution is -0.133. The van der Waals surface area contributed by atoms with E-state index in [1.165, 1.54) is 11.0 Å². The highest BCUT2D eigenvalue weighted by molar-refractivity contribution is 8.38. The van der Waals surface area contributed by atoms with Gasteiger partial charge in [0.1, 0.15) is 10.2 Å². The number of ether oxygens (including phenoxy) is 1. The maximum Gasteiger partial charge on any atom is 0.338 e. The number of esters is 1. The van der Waals surface area contributed by atoms with Crippen LogP contribution in [0.1, 0.15) is 21.5 Å². The van der Waals surface area contributed by atoms with E-state index in [2.05, 4.69) is 4.99 Å². The highest BCUT2D eigenvalue weighted by Gasteiger charge is 2.18. The minimum absolute atomic E-state index is 0.107. The van der Waals surface area contributed by atoms with E-state index in [4.69, 9.17) is 4.74 Å². The lowest BCUT2D eigenvalue weighted by atomic mass is 10.1. The molecule has 8 heteroatoms. The van der Waals surface area contributed by atoms with Gasteiger partial charge in [-0.1, -0.05) is 59.9 Å². The molecule has 1 heterocycles. The quantitative estimate of drug-likeness (QED) is 0.620. The van der Waals surface area contributed by atoms with Crippen molar-refractivity contribution in [3.05, 3.63) is 71.0 Å². The van der Waals surface area contributed by atoms with Crippen molar-refractivity contribution in [2.75, 3.05) is 26.0 Å². The Kier molecular flexibility index (Phi) is 7.71. The number of hydrogen-bond donors (Lipinski definition) is 0. The van der Waals surface area contributed by atoms with Crippen LogP contribution < -0.4 is 0 Å². The van der Waals surface area contributed by atoms with E-state index in [0.29, 0.717) is 16.9 Å². The zero-order chi connectivity index (χ0) is 20.6. The number of aliphatic imine (C=N–C) groups is 1. The van der Waals surface area contributed by atoms with Crippen molar-refractivity contribution >= 4 is 39.8 Å². The molecule has 0 N–H and O–H groups in total. The standard InChI is InChI=1S/C21H21FN2O3S2/c1-24(12-15-6-3-5-9-18(15)22)19(25)13-27-20(26)17-8-4-2-7-16(17)14-29-21-23-10-11-28-21/h2-9H,10-14H2,1H3. The summed E-state index contributed by atoms with van der Waals surface area (Å²) in [6.45, 7) is 0.545. The number of benzene rings is 2. The van der Waals surface area contributed by atoms with E-state index in [1.807, 2.05) is 12.1 Å². The smallest absolute Gasteiger partial charge is 0.338 e. The zero-order valence-electron chi connectivity index (χ0n) is 16.0. The highest BCUT2D eigenvalue weighted by Crippen LogP contribution is 2.26. The van der Waals surface area contributed by atoms with Gasteiger partial charge in [0.2, 0.25) is 0 Å². The molecule has 152 valence electrons. The minimum atomic E-state index is -0.546. The number of carbonyl (C=O) groups excluding carboxylic acids is 2. The molecule has 1 amide bonds. The molecular formula is C21H21FN2O3S2. The molecule has 3 rings (SSSR count). The van der Waals surface area contributed by atoms with Gasteiger partial charge in [0.25, 0.3) is 5.91 Å². The van der Waals surface area contributed by atoms with Gasteiger partial charge in [0.15, 0.2) is 6.61 Å². The van der Waals surface area contributed by atoms with Gasteiger partial charge in [-0.25, -0.2) is 9.18 Å². The molecule has 0 radical (unpaired) electrons. The molecule has 0 aliphatic carbocycles. The Morgan fingerprint density at radius 2 is 1.90 bits per heavy atom. The van der Waals surface area contributed by atoms with E-state index in [-0.39, 0.29) is 12.4 Å². The molecule has 0 aromatic heterocycles. The second-order valence-electron chi connectivity index (χ2n) is 6.36. The van der Waals surface area contributed by atoms with Crippen molar-refractivity contribution in [1.82, 2.24) is 4.90 Å². The molecule has 5 nitrogen and oxygen atoms in total. The van der Waals surface area contributed by atoms with Gasteiger partial charge in [-0.05, 0) is 17.7 Å². The summed E-state index contributed by atoms with van der Waals surface area (Å²) in [5.41, 5.74) is 1.68. The molecule has 0 spiro atoms. The van der Waals surface area contributed by atoms with Crippen LogP contribution in [0.4, 0.5) is 4.39 Å². The number of carbonyl (C=O) groups is 2. The van der Waals surface area contributed by atoms with Gasteiger partial charge in [0.05, 0.1) is 12.1 Å². The Morgan fingerprint density at radius 3 is 2.62 bits per heavy atom. The molecule has 29 heavy (non-hydrogen) atoms. The van der Waals surface area contributed by atoms with E-state index >= 15 is 0 Å². The largest absolute Gasteiger partial charge is 0.452 e. The fourth-order valence-electron chi connectivity index (χ4n) is 2.67. The summed E-state index contributed by atoms with van der Waals surface area (Å²) in [6.07, 6.45) is 0. The zero-order valence-corrected chi connectivity index (χ0v) is 17.6. The first-order valence-corrected chi connectivity index (χ1v) is 11.0. The molecule has 2 aromatic carbocycles. The summed E-state index contributed by atoms with van der Waals surface area (Å²) in [5, 5.41) is 0. The van der Waals surface area contributed by atoms with Gasteiger partial charge in [-0.3, -0.25) is 9.79 Å². The van der Waals surface area contributed by atoms with E-state index in [9.17, 15) is 14.0 Å². The van der Waals surface area contributed by atoms with Crippen molar-refractivity contribution in [2.45, 2.75) is 12.3 Å². The number of amides is 1. The Morgan fingerprint density at radius 1 is 1.17 bits per heavy atom. The maximum absolute atomic E-state index is 13.7. The van der Waals surface area contributed by atoms with Crippen LogP contribution in [0.25, 0.3) is 0 Å². The number of hydrogen-bond acceptors (Lipinski definition) is 6. The van der Waals surface area contributed by atoms with Crippen LogP contribution >= 0.6 is 23.5 Å². The summed E-state index contributed by atoms with van der Waals surface area (Å²) in [4.78, 5) is 30.5. The summed E-state index contributed by atoms with van der Waals surface area (Å²) in [6, 6.07) is 13.5. The first-order valence-electron chi connectivity index (χ1n) is 9.07. The van der Waals surface area contributed by atoms with Gasteiger partial charge >= 0.3 is 5.97 Å². The predicted octanol–water partition coefficient (Wildman–Crippen LogP) is 3.98. The van der Waals surface area contributed by atoms with Crippen molar-refractivity contribution in [1.29, 1.82) is 0 Å². The fraction of sp³-hybridized carbons (Fsp3) is 0.286. The van der Waals surface area contributed by atoms with E-state index in [1.54, 1.807) is 60.9 Å². The lowest BCUT2D eigenvalue weighted by Crippen LogP contribution is -2.31. The van der Waals surface area contributed by atoms with Crippen molar-refractivity contribution in [3.63, 3.8) is 0 Å². The van der Waals surface area contributed by atoms with Gasteiger partial charge in [0, 0.05) is 30.7 Å². The predicted molar refractivity (Wildman–Crippen MR) is 116 cm³/mol. The summed E-state index contributed by atoms with van der Waals surface area (Å²) < 4.78 is 20.0. The third-order valence-corrected chi connectivity index (χ3v) is 6.57. The molecule has 0 unspecified atom stereocenters. The van der Waals surface area contributed by atoms with Crippen LogP contribution in [0.2, 0.25) is 0 Å². The number of rotatable bonds is 7. The monoisotopic (exact) mass is 432 g/mol. The van der Waals surface area contributed by atoms with Crippen LogP contribution in [0, 0.1) is 5.82 Å². The van der Waals surface area contributed by atoms with Crippen LogP contribution in [0.15, 0.2) is 53.5 Å². The molecule has 1 aliphatic heterocycles. The Balaban J connectivity index is 1.54. The molecule has 0 saturated carbocycles. The van der Waals surface area contributed by atoms with E-state index < -0.39 is 18.5 Å². The van der Waals surface area contributed by atoms with Crippen LogP contribution in [-0.2, 0) is 21.8 Å². The average Bonchev–Trinajstić information content (AvgIpc) is 3.25. The normalized spacial score (nSPS) is 13.1. The minimum Gasteiger partial charge on any atom is -0.452 e. The van der Waals surface area contributed by atoms with Gasteiger partial charge in [-0.2, -0.15) is 0 Å². The van der Waals surface area contributed by atoms with Crippen molar-refractivity contribution in [3.8, 4) is 0 Å². The SMILES string of the molecule is CN(Cc1ccccc1F)C(=O)COC(=O)c1ccccc1CSC1=NCCS1. The van der Waals surface area contributed by atoms with Gasteiger partial charge in [-0.15, -0.1) is 0 Å². The molecule has 2 aromatic rings. The molecule has 0 bridgehead atoms. The van der Waals surface area contributed by atoms with Gasteiger partial charge < -0.3 is 9.64 Å². The summed E-state index contributed by atoms with van der Waals surface area (Å²) in [7, 11) is 1.55. The second kappa shape index (κ2) is 10.5. The molecule has 0 atom stereocenters. The molecule has 0 saturated heterocycles. The number of thioether (sulfide) groups is 2. The first-order chi connectivity index (χ1) is 14.0. The second-order valence-corrected chi connectivity index (χ2v) is 8.67. The number of nitrogens with zero attached hydrogens (tertiary/aromatic N) is 2. The third kappa shape index (κ3) is 6.08. The maximum atomic E-state index is 13.7. The van der Waals surface area contributed by atoms with Crippen LogP contribution in [0.3, 0.4) is 0 Å². The topological polar surface area (TPSA) is 59.0 Å². The van der Waals surface area contributed by atoms with Crippen molar-refractivity contribution in [2.24, 2.45) is 4.99 Å². The van der Waals surface area contributed by atoms with E-state index in [0.717, 1.165) is 22.2 Å². The van der Waals surface area contributed by atoms with Crippen molar-refractivity contribution < 1.29 is 18.7 Å². The van der Waals surface area contributed by atoms with Crippen LogP contribution in [-0.4, -0.2) is 47.1 Å². The third-order valence-electron chi connectivity index (χ3n) is 4.26.